The first-order valence-corrected chi connectivity index (χ1v) is 31.3. The van der Waals surface area contributed by atoms with Gasteiger partial charge in [-0.25, -0.2) is 0 Å². The molecule has 1 saturated carbocycles. The predicted octanol–water partition coefficient (Wildman–Crippen LogP) is -4.26. The Hall–Kier alpha value is -8.07. The molecule has 10 amide bonds. The lowest BCUT2D eigenvalue weighted by atomic mass is 10.0. The van der Waals surface area contributed by atoms with E-state index in [0.717, 1.165) is 40.0 Å². The van der Waals surface area contributed by atoms with Gasteiger partial charge in [0.15, 0.2) is 17.9 Å². The summed E-state index contributed by atoms with van der Waals surface area (Å²) in [5.41, 5.74) is 52.7. The van der Waals surface area contributed by atoms with Crippen molar-refractivity contribution in [2.75, 3.05) is 38.5 Å². The molecule has 33 heteroatoms. The SMILES string of the molecule is CCOc1ccc(CC2NC(=O)[C@@H](N)C(=C3CCCC3)SSCC(C(=O)N3CCC[C@H]3C(=O)N[C@@H](CCCN=C(N)N)C(=O)N[C@@H](CCCN=C(N)N)C(N)=O)NC(=O)[C@H](CC(N)=O)NC(=O)[C@H](C(C)C)NC(=O)C(CCCN=C(N)N)NC2=O)cc1. The van der Waals surface area contributed by atoms with Crippen LogP contribution in [0.2, 0.25) is 0 Å². The van der Waals surface area contributed by atoms with E-state index in [1.54, 1.807) is 38.1 Å². The normalized spacial score (nSPS) is 22.4. The van der Waals surface area contributed by atoms with Crippen LogP contribution in [0, 0.1) is 5.92 Å². The maximum Gasteiger partial charge on any atom is 0.246 e. The minimum Gasteiger partial charge on any atom is -0.494 e. The topological polar surface area (TPSA) is 539 Å². The molecular formula is C54H88N20O11S2. The summed E-state index contributed by atoms with van der Waals surface area (Å²) >= 11 is 0. The van der Waals surface area contributed by atoms with Crippen LogP contribution in [0.4, 0.5) is 0 Å². The number of guanidine groups is 3. The molecule has 2 heterocycles. The number of nitrogens with zero attached hydrogens (tertiary/aromatic N) is 4. The van der Waals surface area contributed by atoms with Gasteiger partial charge in [0.25, 0.3) is 0 Å². The maximum absolute atomic E-state index is 15.1. The van der Waals surface area contributed by atoms with Gasteiger partial charge in [0, 0.05) is 43.3 Å². The molecule has 1 aliphatic carbocycles. The van der Waals surface area contributed by atoms with E-state index in [4.69, 9.17) is 56.3 Å². The van der Waals surface area contributed by atoms with Crippen molar-refractivity contribution in [1.29, 1.82) is 0 Å². The Balaban J connectivity index is 1.78. The average molecular weight is 1260 g/mol. The molecule has 31 nitrogen and oxygen atoms in total. The van der Waals surface area contributed by atoms with E-state index in [9.17, 15) is 43.2 Å². The second-order valence-electron chi connectivity index (χ2n) is 21.5. The molecule has 0 aromatic heterocycles. The van der Waals surface area contributed by atoms with E-state index in [1.165, 1.54) is 4.90 Å². The lowest BCUT2D eigenvalue weighted by Gasteiger charge is -2.31. The zero-order chi connectivity index (χ0) is 64.3. The number of benzene rings is 1. The van der Waals surface area contributed by atoms with Crippen molar-refractivity contribution in [3.05, 3.63) is 40.3 Å². The fourth-order valence-corrected chi connectivity index (χ4v) is 12.6. The first-order chi connectivity index (χ1) is 41.3. The fourth-order valence-electron chi connectivity index (χ4n) is 9.82. The van der Waals surface area contributed by atoms with Gasteiger partial charge in [0.2, 0.25) is 59.1 Å². The highest BCUT2D eigenvalue weighted by Crippen LogP contribution is 2.40. The molecule has 3 unspecified atom stereocenters. The second-order valence-corrected chi connectivity index (χ2v) is 23.9. The van der Waals surface area contributed by atoms with Crippen LogP contribution in [0.5, 0.6) is 5.75 Å². The zero-order valence-corrected chi connectivity index (χ0v) is 51.2. The van der Waals surface area contributed by atoms with E-state index in [1.807, 2.05) is 6.92 Å². The van der Waals surface area contributed by atoms with Crippen LogP contribution < -0.4 is 93.6 Å². The van der Waals surface area contributed by atoms with Crippen molar-refractivity contribution in [2.45, 2.75) is 165 Å². The third-order valence-corrected chi connectivity index (χ3v) is 16.9. The number of hydrogen-bond donors (Lipinski definition) is 16. The molecule has 3 fully saturated rings. The number of ether oxygens (including phenoxy) is 1. The number of rotatable bonds is 25. The van der Waals surface area contributed by atoms with Crippen LogP contribution in [0.1, 0.15) is 110 Å². The molecule has 25 N–H and O–H groups in total. The Labute approximate surface area is 513 Å². The number of allylic oxidation sites excluding steroid dienone is 1. The number of carbonyl (C=O) groups is 10. The Kier molecular flexibility index (Phi) is 29.7. The smallest absolute Gasteiger partial charge is 0.246 e. The number of hydrogen-bond acceptors (Lipinski definition) is 17. The van der Waals surface area contributed by atoms with Gasteiger partial charge >= 0.3 is 0 Å². The molecule has 3 aliphatic rings. The van der Waals surface area contributed by atoms with Crippen LogP contribution in [0.25, 0.3) is 0 Å². The molecule has 1 aromatic carbocycles. The number of aliphatic imine (C=N–C) groups is 3. The zero-order valence-electron chi connectivity index (χ0n) is 49.5. The van der Waals surface area contributed by atoms with Gasteiger partial charge in [-0.1, -0.05) is 53.1 Å². The van der Waals surface area contributed by atoms with Crippen molar-refractivity contribution in [2.24, 2.45) is 72.5 Å². The molecule has 4 rings (SSSR count). The van der Waals surface area contributed by atoms with Gasteiger partial charge in [-0.2, -0.15) is 0 Å². The summed E-state index contributed by atoms with van der Waals surface area (Å²) in [6.07, 6.45) is 2.80. The summed E-state index contributed by atoms with van der Waals surface area (Å²) in [5, 5.41) is 18.8. The molecule has 0 bridgehead atoms. The minimum atomic E-state index is -1.73. The van der Waals surface area contributed by atoms with Crippen molar-refractivity contribution in [3.63, 3.8) is 0 Å². The highest BCUT2D eigenvalue weighted by Gasteiger charge is 2.41. The van der Waals surface area contributed by atoms with Crippen LogP contribution in [-0.2, 0) is 54.4 Å². The van der Waals surface area contributed by atoms with Gasteiger partial charge in [0.1, 0.15) is 60.1 Å². The lowest BCUT2D eigenvalue weighted by molar-refractivity contribution is -0.142. The van der Waals surface area contributed by atoms with Gasteiger partial charge in [-0.15, -0.1) is 0 Å². The van der Waals surface area contributed by atoms with Crippen LogP contribution in [0.3, 0.4) is 0 Å². The number of nitrogens with two attached hydrogens (primary N) is 9. The first-order valence-electron chi connectivity index (χ1n) is 28.9. The highest BCUT2D eigenvalue weighted by atomic mass is 33.1. The average Bonchev–Trinajstić information content (AvgIpc) is 2.15. The molecule has 1 aromatic rings. The molecule has 9 atom stereocenters. The first kappa shape index (κ1) is 71.4. The van der Waals surface area contributed by atoms with Gasteiger partial charge in [-0.05, 0) is 108 Å². The number of nitrogens with one attached hydrogen (secondary N) is 7. The lowest BCUT2D eigenvalue weighted by Crippen LogP contribution is -2.61. The largest absolute Gasteiger partial charge is 0.494 e. The van der Waals surface area contributed by atoms with E-state index < -0.39 is 126 Å². The number of primary amides is 2. The fraction of sp³-hybridized carbons (Fsp3) is 0.611. The van der Waals surface area contributed by atoms with Crippen molar-refractivity contribution >= 4 is 98.5 Å². The summed E-state index contributed by atoms with van der Waals surface area (Å²) in [7, 11) is 2.13. The second kappa shape index (κ2) is 36.2. The van der Waals surface area contributed by atoms with Gasteiger partial charge in [0.05, 0.1) is 13.0 Å². The van der Waals surface area contributed by atoms with Crippen LogP contribution in [0.15, 0.2) is 49.7 Å². The molecule has 482 valence electrons. The number of carbonyl (C=O) groups excluding carboxylic acids is 10. The number of amides is 10. The van der Waals surface area contributed by atoms with Crippen molar-refractivity contribution in [3.8, 4) is 5.75 Å². The quantitative estimate of drug-likeness (QED) is 0.0191. The summed E-state index contributed by atoms with van der Waals surface area (Å²) in [6.45, 7) is 5.68. The third kappa shape index (κ3) is 24.0. The Morgan fingerprint density at radius 2 is 1.25 bits per heavy atom. The predicted molar refractivity (Wildman–Crippen MR) is 331 cm³/mol. The van der Waals surface area contributed by atoms with Crippen molar-refractivity contribution in [1.82, 2.24) is 42.1 Å². The summed E-state index contributed by atoms with van der Waals surface area (Å²) < 4.78 is 5.62. The molecular weight excluding hydrogens is 1170 g/mol. The molecule has 0 spiro atoms. The van der Waals surface area contributed by atoms with E-state index in [2.05, 4.69) is 52.2 Å². The standard InChI is InChI=1S/C54H88N20O11S2/c1-4-85-31-19-17-29(18-20-31)25-35-46(79)68-34(15-9-23-66-54(62)63)45(78)73-41(28(2)3)50(83)71-36(26-39(55)75)47(80)72-37(27-86-87-42(30-11-5-6-12-30)40(56)49(82)70-35)51(84)74-24-10-16-38(74)48(81)69-33(14-8-22-65-53(60)61)44(77)67-32(43(57)76)13-7-21-64-52(58)59/h17-20,28,32-38,40-41H,4-16,21-27,56H2,1-3H3,(H2,55,75)(H2,57,76)(H,67,77)(H,68,79)(H,69,81)(H,70,82)(H,71,83)(H,72,80)(H,73,78)(H4,58,59,64)(H4,60,61,65)(H4,62,63,66)/t32-,33-,34?,35?,36-,37?,38-,40-,41-/m0/s1. The van der Waals surface area contributed by atoms with Gasteiger partial charge < -0.3 is 98.5 Å². The molecule has 87 heavy (non-hydrogen) atoms. The Morgan fingerprint density at radius 1 is 0.690 bits per heavy atom. The summed E-state index contributed by atoms with van der Waals surface area (Å²) in [4.78, 5) is 155. The third-order valence-electron chi connectivity index (χ3n) is 14.3. The minimum absolute atomic E-state index is 0.000250. The summed E-state index contributed by atoms with van der Waals surface area (Å²) in [5.74, 6) is -9.51. The van der Waals surface area contributed by atoms with Crippen LogP contribution >= 0.6 is 21.6 Å². The maximum atomic E-state index is 15.1. The van der Waals surface area contributed by atoms with E-state index >= 15 is 4.79 Å². The monoisotopic (exact) mass is 1260 g/mol. The Morgan fingerprint density at radius 3 is 1.83 bits per heavy atom. The van der Waals surface area contributed by atoms with Crippen LogP contribution in [-0.4, -0.2) is 175 Å². The summed E-state index contributed by atoms with van der Waals surface area (Å²) in [6, 6.07) is -5.57. The molecule has 2 saturated heterocycles. The Bertz CT molecular complexity index is 2690. The van der Waals surface area contributed by atoms with E-state index in [0.29, 0.717) is 42.1 Å². The van der Waals surface area contributed by atoms with Crippen molar-refractivity contribution < 1.29 is 52.7 Å². The highest BCUT2D eigenvalue weighted by molar-refractivity contribution is 8.78. The van der Waals surface area contributed by atoms with Gasteiger partial charge in [-0.3, -0.25) is 62.9 Å². The van der Waals surface area contributed by atoms with E-state index in [-0.39, 0.29) is 101 Å². The molecule has 0 radical (unpaired) electrons. The number of likely N-dealkylation sites (tertiary alicyclic amines) is 1. The molecule has 2 aliphatic heterocycles.